The second-order valence-corrected chi connectivity index (χ2v) is 3.34. The first-order valence-electron chi connectivity index (χ1n) is 4.51. The largest absolute Gasteiger partial charge is 0.469 e. The summed E-state index contributed by atoms with van der Waals surface area (Å²) >= 11 is 0. The molecule has 0 aromatic rings. The Kier molecular flexibility index (Phi) is 3.53. The van der Waals surface area contributed by atoms with Crippen molar-refractivity contribution >= 4 is 5.97 Å². The van der Waals surface area contributed by atoms with Crippen LogP contribution in [0, 0.1) is 5.92 Å². The average Bonchev–Trinajstić information content (AvgIpc) is 2.28. The van der Waals surface area contributed by atoms with Gasteiger partial charge in [-0.3, -0.25) is 4.79 Å². The molecule has 1 fully saturated rings. The lowest BCUT2D eigenvalue weighted by atomic mass is 9.98. The Morgan fingerprint density at radius 3 is 2.67 bits per heavy atom. The maximum absolute atomic E-state index is 11.1. The molecule has 0 saturated heterocycles. The van der Waals surface area contributed by atoms with E-state index < -0.39 is 6.10 Å². The number of carbonyl (C=O) groups is 1. The van der Waals surface area contributed by atoms with Crippen molar-refractivity contribution in [3.63, 3.8) is 0 Å². The molecule has 0 unspecified atom stereocenters. The molecule has 0 radical (unpaired) electrons. The average molecular weight is 172 g/mol. The summed E-state index contributed by atoms with van der Waals surface area (Å²) < 4.78 is 4.62. The van der Waals surface area contributed by atoms with Crippen LogP contribution in [0.4, 0.5) is 0 Å². The standard InChI is InChI=1S/C9H16O3/c1-12-9(11)7-5-3-2-4-6-8(7)10/h7-8,10H,2-6H2,1H3/t7-,8+/m1/s1. The lowest BCUT2D eigenvalue weighted by Gasteiger charge is -2.16. The van der Waals surface area contributed by atoms with E-state index in [1.165, 1.54) is 7.11 Å². The molecule has 0 aromatic heterocycles. The third-order valence-corrected chi connectivity index (χ3v) is 2.48. The topological polar surface area (TPSA) is 46.5 Å². The maximum atomic E-state index is 11.1. The van der Waals surface area contributed by atoms with Crippen molar-refractivity contribution in [1.29, 1.82) is 0 Å². The highest BCUT2D eigenvalue weighted by Crippen LogP contribution is 2.24. The second kappa shape index (κ2) is 4.45. The number of esters is 1. The number of hydrogen-bond acceptors (Lipinski definition) is 3. The summed E-state index contributed by atoms with van der Waals surface area (Å²) in [5.74, 6) is -0.540. The van der Waals surface area contributed by atoms with Gasteiger partial charge in [0.25, 0.3) is 0 Å². The smallest absolute Gasteiger partial charge is 0.311 e. The molecular weight excluding hydrogens is 156 g/mol. The van der Waals surface area contributed by atoms with E-state index in [0.717, 1.165) is 32.1 Å². The van der Waals surface area contributed by atoms with Crippen molar-refractivity contribution < 1.29 is 14.6 Å². The van der Waals surface area contributed by atoms with Gasteiger partial charge in [-0.15, -0.1) is 0 Å². The second-order valence-electron chi connectivity index (χ2n) is 3.34. The number of ether oxygens (including phenoxy) is 1. The van der Waals surface area contributed by atoms with Gasteiger partial charge in [0.2, 0.25) is 0 Å². The molecule has 1 rings (SSSR count). The third-order valence-electron chi connectivity index (χ3n) is 2.48. The van der Waals surface area contributed by atoms with E-state index in [-0.39, 0.29) is 11.9 Å². The lowest BCUT2D eigenvalue weighted by molar-refractivity contribution is -0.149. The van der Waals surface area contributed by atoms with Crippen molar-refractivity contribution in [1.82, 2.24) is 0 Å². The van der Waals surface area contributed by atoms with Crippen LogP contribution >= 0.6 is 0 Å². The lowest BCUT2D eigenvalue weighted by Crippen LogP contribution is -2.28. The highest BCUT2D eigenvalue weighted by atomic mass is 16.5. The van der Waals surface area contributed by atoms with Crippen molar-refractivity contribution in [2.75, 3.05) is 7.11 Å². The van der Waals surface area contributed by atoms with Gasteiger partial charge in [0.1, 0.15) is 0 Å². The zero-order chi connectivity index (χ0) is 8.97. The summed E-state index contributed by atoms with van der Waals surface area (Å²) in [6, 6.07) is 0. The van der Waals surface area contributed by atoms with Crippen LogP contribution in [0.2, 0.25) is 0 Å². The molecule has 0 aromatic carbocycles. The van der Waals surface area contributed by atoms with Crippen molar-refractivity contribution in [2.24, 2.45) is 5.92 Å². The Bertz CT molecular complexity index is 156. The van der Waals surface area contributed by atoms with E-state index in [2.05, 4.69) is 4.74 Å². The molecule has 1 saturated carbocycles. The first kappa shape index (κ1) is 9.52. The van der Waals surface area contributed by atoms with Crippen LogP contribution in [-0.4, -0.2) is 24.3 Å². The minimum Gasteiger partial charge on any atom is -0.469 e. The molecule has 70 valence electrons. The Labute approximate surface area is 72.7 Å². The molecule has 0 spiro atoms. The summed E-state index contributed by atoms with van der Waals surface area (Å²) in [6.07, 6.45) is 4.18. The number of methoxy groups -OCH3 is 1. The van der Waals surface area contributed by atoms with Crippen LogP contribution in [0.25, 0.3) is 0 Å². The Morgan fingerprint density at radius 2 is 2.00 bits per heavy atom. The summed E-state index contributed by atoms with van der Waals surface area (Å²) in [6.45, 7) is 0. The van der Waals surface area contributed by atoms with Crippen LogP contribution in [0.3, 0.4) is 0 Å². The fraction of sp³-hybridized carbons (Fsp3) is 0.889. The maximum Gasteiger partial charge on any atom is 0.311 e. The Hall–Kier alpha value is -0.570. The van der Waals surface area contributed by atoms with Gasteiger partial charge in [0, 0.05) is 0 Å². The molecule has 0 bridgehead atoms. The van der Waals surface area contributed by atoms with Crippen LogP contribution in [-0.2, 0) is 9.53 Å². The van der Waals surface area contributed by atoms with Crippen LogP contribution in [0.15, 0.2) is 0 Å². The Morgan fingerprint density at radius 1 is 1.33 bits per heavy atom. The van der Waals surface area contributed by atoms with Gasteiger partial charge in [-0.25, -0.2) is 0 Å². The predicted octanol–water partition coefficient (Wildman–Crippen LogP) is 1.10. The van der Waals surface area contributed by atoms with Gasteiger partial charge >= 0.3 is 5.97 Å². The zero-order valence-electron chi connectivity index (χ0n) is 7.45. The highest BCUT2D eigenvalue weighted by Gasteiger charge is 2.28. The molecule has 1 aliphatic rings. The third kappa shape index (κ3) is 2.21. The van der Waals surface area contributed by atoms with Gasteiger partial charge in [0.05, 0.1) is 19.1 Å². The number of aliphatic hydroxyl groups excluding tert-OH is 1. The molecule has 3 nitrogen and oxygen atoms in total. The van der Waals surface area contributed by atoms with Crippen LogP contribution in [0.5, 0.6) is 0 Å². The quantitative estimate of drug-likeness (QED) is 0.476. The van der Waals surface area contributed by atoms with Gasteiger partial charge in [-0.2, -0.15) is 0 Å². The predicted molar refractivity (Wildman–Crippen MR) is 44.6 cm³/mol. The molecule has 0 heterocycles. The minimum absolute atomic E-state index is 0.260. The van der Waals surface area contributed by atoms with E-state index >= 15 is 0 Å². The normalized spacial score (nSPS) is 30.8. The van der Waals surface area contributed by atoms with E-state index in [1.807, 2.05) is 0 Å². The van der Waals surface area contributed by atoms with E-state index in [9.17, 15) is 9.90 Å². The summed E-state index contributed by atoms with van der Waals surface area (Å²) in [7, 11) is 1.37. The van der Waals surface area contributed by atoms with Crippen molar-refractivity contribution in [2.45, 2.75) is 38.2 Å². The van der Waals surface area contributed by atoms with Gasteiger partial charge < -0.3 is 9.84 Å². The summed E-state index contributed by atoms with van der Waals surface area (Å²) in [4.78, 5) is 11.1. The minimum atomic E-state index is -0.486. The van der Waals surface area contributed by atoms with Crippen molar-refractivity contribution in [3.8, 4) is 0 Å². The molecule has 0 aliphatic heterocycles. The first-order chi connectivity index (χ1) is 5.75. The monoisotopic (exact) mass is 172 g/mol. The van der Waals surface area contributed by atoms with Crippen LogP contribution in [0.1, 0.15) is 32.1 Å². The molecule has 1 N–H and O–H groups in total. The molecule has 3 heteroatoms. The molecular formula is C9H16O3. The molecule has 0 amide bonds. The van der Waals surface area contributed by atoms with Gasteiger partial charge in [0.15, 0.2) is 0 Å². The zero-order valence-corrected chi connectivity index (χ0v) is 7.45. The number of hydrogen-bond donors (Lipinski definition) is 1. The number of rotatable bonds is 1. The number of aliphatic hydroxyl groups is 1. The highest BCUT2D eigenvalue weighted by molar-refractivity contribution is 5.72. The molecule has 12 heavy (non-hydrogen) atoms. The molecule has 1 aliphatic carbocycles. The van der Waals surface area contributed by atoms with E-state index in [1.54, 1.807) is 0 Å². The summed E-state index contributed by atoms with van der Waals surface area (Å²) in [5.41, 5.74) is 0. The van der Waals surface area contributed by atoms with Gasteiger partial charge in [-0.1, -0.05) is 19.3 Å². The Balaban J connectivity index is 2.52. The summed E-state index contributed by atoms with van der Waals surface area (Å²) in [5, 5.41) is 9.55. The SMILES string of the molecule is COC(=O)[C@@H]1CCCCC[C@@H]1O. The number of carbonyl (C=O) groups excluding carboxylic acids is 1. The van der Waals surface area contributed by atoms with E-state index in [4.69, 9.17) is 0 Å². The fourth-order valence-electron chi connectivity index (χ4n) is 1.71. The van der Waals surface area contributed by atoms with Gasteiger partial charge in [-0.05, 0) is 12.8 Å². The first-order valence-corrected chi connectivity index (χ1v) is 4.51. The van der Waals surface area contributed by atoms with E-state index in [0.29, 0.717) is 0 Å². The van der Waals surface area contributed by atoms with Crippen LogP contribution < -0.4 is 0 Å². The fourth-order valence-corrected chi connectivity index (χ4v) is 1.71. The van der Waals surface area contributed by atoms with Crippen molar-refractivity contribution in [3.05, 3.63) is 0 Å². The molecule has 2 atom stereocenters.